The number of rotatable bonds is 6. The van der Waals surface area contributed by atoms with Crippen molar-refractivity contribution in [2.75, 3.05) is 0 Å². The minimum absolute atomic E-state index is 0.145. The lowest BCUT2D eigenvalue weighted by molar-refractivity contribution is 0.666. The number of aromatic nitrogens is 2. The fraction of sp³-hybridized carbons (Fsp3) is 0.138. The van der Waals surface area contributed by atoms with Crippen LogP contribution in [0.4, 0.5) is 0 Å². The Kier molecular flexibility index (Phi) is 8.99. The second-order valence-corrected chi connectivity index (χ2v) is 19.5. The summed E-state index contributed by atoms with van der Waals surface area (Å²) in [6.07, 6.45) is 17.1. The summed E-state index contributed by atoms with van der Waals surface area (Å²) < 4.78 is 0. The van der Waals surface area contributed by atoms with Gasteiger partial charge in [-0.25, -0.2) is 9.97 Å². The maximum Gasteiger partial charge on any atom is 0.160 e. The largest absolute Gasteiger partial charge is 0.228 e. The molecule has 0 bridgehead atoms. The van der Waals surface area contributed by atoms with Crippen molar-refractivity contribution in [1.82, 2.24) is 9.97 Å². The maximum absolute atomic E-state index is 5.53. The lowest BCUT2D eigenvalue weighted by Gasteiger charge is -2.35. The molecule has 2 unspecified atom stereocenters. The molecule has 320 valence electrons. The van der Waals surface area contributed by atoms with Crippen molar-refractivity contribution >= 4 is 27.1 Å². The Balaban J connectivity index is 0.998. The minimum atomic E-state index is -0.459. The Morgan fingerprint density at radius 1 is 0.507 bits per heavy atom. The van der Waals surface area contributed by atoms with Gasteiger partial charge in [-0.1, -0.05) is 215 Å². The molecule has 0 spiro atoms. The Bertz CT molecular complexity index is 3650. The molecule has 4 aliphatic carbocycles. The topological polar surface area (TPSA) is 25.8 Å². The molecule has 2 nitrogen and oxygen atoms in total. The molecule has 9 aromatic rings. The Hall–Kier alpha value is -7.68. The van der Waals surface area contributed by atoms with E-state index in [1.807, 2.05) is 0 Å². The molecule has 67 heavy (non-hydrogen) atoms. The third-order valence-electron chi connectivity index (χ3n) is 15.3. The molecule has 2 atom stereocenters. The monoisotopic (exact) mass is 858 g/mol. The van der Waals surface area contributed by atoms with Crippen molar-refractivity contribution in [2.24, 2.45) is 5.92 Å². The van der Waals surface area contributed by atoms with Crippen LogP contribution in [0.15, 0.2) is 212 Å². The number of fused-ring (bicyclic) bond motifs is 9. The van der Waals surface area contributed by atoms with Crippen molar-refractivity contribution < 1.29 is 0 Å². The molecule has 13 rings (SSSR count). The van der Waals surface area contributed by atoms with Gasteiger partial charge in [0.05, 0.1) is 16.8 Å². The van der Waals surface area contributed by atoms with Gasteiger partial charge in [0, 0.05) is 22.1 Å². The normalized spacial score (nSPS) is 18.6. The van der Waals surface area contributed by atoms with E-state index in [-0.39, 0.29) is 5.41 Å². The predicted octanol–water partition coefficient (Wildman–Crippen LogP) is 16.7. The van der Waals surface area contributed by atoms with Crippen LogP contribution in [0.1, 0.15) is 73.7 Å². The third-order valence-corrected chi connectivity index (χ3v) is 15.3. The first-order valence-electron chi connectivity index (χ1n) is 24.0. The molecule has 0 saturated carbocycles. The van der Waals surface area contributed by atoms with E-state index >= 15 is 0 Å². The quantitative estimate of drug-likeness (QED) is 0.166. The average Bonchev–Trinajstić information content (AvgIpc) is 3.82. The second-order valence-electron chi connectivity index (χ2n) is 19.5. The van der Waals surface area contributed by atoms with Crippen LogP contribution in [-0.4, -0.2) is 9.97 Å². The van der Waals surface area contributed by atoms with Crippen LogP contribution >= 0.6 is 0 Å². The molecule has 0 aliphatic heterocycles. The standard InChI is InChI=1S/C65H50N2/c1-41-29-31-43(32-30-41)63-66-59(40-60(67-63)55-26-16-28-57-61(55)54-25-14-15-27-56(54)65(57,45-18-6-4-7-19-45)46-20-8-5-9-21-46)52-38-37-47(49-23-12-13-24-50(49)52)44-34-35-51-53-36-33-42-17-10-11-22-48(42)62(53)64(2,3)58(51)39-44/h4,6-8,10-29,31-41H,5,9,30H2,1-3H3. The molecular formula is C65H50N2. The molecule has 0 saturated heterocycles. The third kappa shape index (κ3) is 5.95. The number of benzene rings is 8. The van der Waals surface area contributed by atoms with E-state index in [0.29, 0.717) is 5.92 Å². The van der Waals surface area contributed by atoms with Gasteiger partial charge in [0.1, 0.15) is 0 Å². The SMILES string of the molecule is CC1C=CC(c2nc(-c3cccc4c3-c3ccccc3C4(C3=CCCC=C3)c3ccccc3)cc(-c3ccc(-c4ccc5c(c4)C(C)(C)c4c-5ccc5ccccc45)c4ccccc34)n2)=CC1. The smallest absolute Gasteiger partial charge is 0.160 e. The highest BCUT2D eigenvalue weighted by molar-refractivity contribution is 6.06. The fourth-order valence-corrected chi connectivity index (χ4v) is 12.2. The van der Waals surface area contributed by atoms with Crippen LogP contribution in [-0.2, 0) is 10.8 Å². The molecule has 0 amide bonds. The summed E-state index contributed by atoms with van der Waals surface area (Å²) in [5.74, 6) is 1.23. The van der Waals surface area contributed by atoms with Crippen LogP contribution in [0, 0.1) is 5.92 Å². The van der Waals surface area contributed by atoms with Crippen LogP contribution in [0.5, 0.6) is 0 Å². The van der Waals surface area contributed by atoms with Crippen molar-refractivity contribution in [3.05, 3.63) is 246 Å². The molecule has 1 aromatic heterocycles. The first-order valence-corrected chi connectivity index (χ1v) is 24.0. The summed E-state index contributed by atoms with van der Waals surface area (Å²) in [7, 11) is 0. The predicted molar refractivity (Wildman–Crippen MR) is 280 cm³/mol. The summed E-state index contributed by atoms with van der Waals surface area (Å²) in [4.78, 5) is 11.0. The van der Waals surface area contributed by atoms with E-state index in [1.165, 1.54) is 88.3 Å². The van der Waals surface area contributed by atoms with Gasteiger partial charge in [-0.2, -0.15) is 0 Å². The van der Waals surface area contributed by atoms with Gasteiger partial charge >= 0.3 is 0 Å². The van der Waals surface area contributed by atoms with Crippen LogP contribution in [0.25, 0.3) is 83.0 Å². The molecule has 0 radical (unpaired) electrons. The van der Waals surface area contributed by atoms with Crippen molar-refractivity contribution in [3.8, 4) is 55.9 Å². The molecule has 1 heterocycles. The summed E-state index contributed by atoms with van der Waals surface area (Å²) in [5.41, 5.74) is 20.2. The summed E-state index contributed by atoms with van der Waals surface area (Å²) >= 11 is 0. The van der Waals surface area contributed by atoms with Crippen molar-refractivity contribution in [3.63, 3.8) is 0 Å². The van der Waals surface area contributed by atoms with Gasteiger partial charge in [-0.3, -0.25) is 0 Å². The van der Waals surface area contributed by atoms with Gasteiger partial charge in [0.2, 0.25) is 0 Å². The van der Waals surface area contributed by atoms with Crippen LogP contribution in [0.3, 0.4) is 0 Å². The van der Waals surface area contributed by atoms with Gasteiger partial charge in [0.25, 0.3) is 0 Å². The molecule has 0 N–H and O–H groups in total. The number of hydrogen-bond donors (Lipinski definition) is 0. The molecule has 0 fully saturated rings. The lowest BCUT2D eigenvalue weighted by atomic mass is 9.66. The zero-order valence-electron chi connectivity index (χ0n) is 38.2. The summed E-state index contributed by atoms with van der Waals surface area (Å²) in [6.45, 7) is 7.05. The zero-order valence-corrected chi connectivity index (χ0v) is 38.2. The Labute approximate surface area is 393 Å². The highest BCUT2D eigenvalue weighted by atomic mass is 14.9. The molecule has 2 heteroatoms. The van der Waals surface area contributed by atoms with Gasteiger partial charge in [0.15, 0.2) is 5.82 Å². The highest BCUT2D eigenvalue weighted by Crippen LogP contribution is 2.59. The highest BCUT2D eigenvalue weighted by Gasteiger charge is 2.47. The van der Waals surface area contributed by atoms with Gasteiger partial charge in [-0.15, -0.1) is 0 Å². The number of allylic oxidation sites excluding steroid dienone is 8. The zero-order chi connectivity index (χ0) is 44.9. The van der Waals surface area contributed by atoms with E-state index in [4.69, 9.17) is 9.97 Å². The van der Waals surface area contributed by atoms with E-state index in [9.17, 15) is 0 Å². The Morgan fingerprint density at radius 3 is 2.00 bits per heavy atom. The summed E-state index contributed by atoms with van der Waals surface area (Å²) in [5, 5.41) is 5.02. The van der Waals surface area contributed by atoms with E-state index in [1.54, 1.807) is 0 Å². The van der Waals surface area contributed by atoms with E-state index in [2.05, 4.69) is 227 Å². The van der Waals surface area contributed by atoms with Gasteiger partial charge < -0.3 is 0 Å². The first kappa shape index (κ1) is 39.7. The first-order chi connectivity index (χ1) is 32.9. The molecule has 4 aliphatic rings. The minimum Gasteiger partial charge on any atom is -0.228 e. The van der Waals surface area contributed by atoms with Crippen molar-refractivity contribution in [2.45, 2.75) is 50.9 Å². The maximum atomic E-state index is 5.53. The molecule has 8 aromatic carbocycles. The lowest BCUT2D eigenvalue weighted by Crippen LogP contribution is -2.29. The second kappa shape index (κ2) is 15.2. The van der Waals surface area contributed by atoms with E-state index in [0.717, 1.165) is 53.2 Å². The van der Waals surface area contributed by atoms with Crippen LogP contribution < -0.4 is 0 Å². The fourth-order valence-electron chi connectivity index (χ4n) is 12.2. The van der Waals surface area contributed by atoms with Crippen molar-refractivity contribution in [1.29, 1.82) is 0 Å². The average molecular weight is 859 g/mol. The summed E-state index contributed by atoms with van der Waals surface area (Å²) in [6, 6.07) is 63.4. The van der Waals surface area contributed by atoms with Crippen LogP contribution in [0.2, 0.25) is 0 Å². The number of hydrogen-bond acceptors (Lipinski definition) is 2. The molecular weight excluding hydrogens is 809 g/mol. The number of nitrogens with zero attached hydrogens (tertiary/aromatic N) is 2. The Morgan fingerprint density at radius 2 is 1.19 bits per heavy atom. The van der Waals surface area contributed by atoms with E-state index < -0.39 is 5.41 Å². The van der Waals surface area contributed by atoms with Gasteiger partial charge in [-0.05, 0) is 126 Å².